The number of hydrogen-bond acceptors (Lipinski definition) is 3. The van der Waals surface area contributed by atoms with Crippen LogP contribution in [-0.2, 0) is 6.54 Å². The summed E-state index contributed by atoms with van der Waals surface area (Å²) in [5, 5.41) is 2.17. The second-order valence-electron chi connectivity index (χ2n) is 6.05. The molecule has 0 spiro atoms. The van der Waals surface area contributed by atoms with E-state index in [0.717, 1.165) is 19.0 Å². The van der Waals surface area contributed by atoms with Gasteiger partial charge in [-0.3, -0.25) is 4.90 Å². The molecule has 0 aliphatic heterocycles. The van der Waals surface area contributed by atoms with Crippen LogP contribution >= 0.6 is 11.3 Å². The van der Waals surface area contributed by atoms with E-state index in [1.165, 1.54) is 37.0 Å². The van der Waals surface area contributed by atoms with Crippen molar-refractivity contribution in [1.82, 2.24) is 4.90 Å². The van der Waals surface area contributed by atoms with Crippen molar-refractivity contribution in [1.29, 1.82) is 0 Å². The zero-order chi connectivity index (χ0) is 13.7. The van der Waals surface area contributed by atoms with E-state index in [4.69, 9.17) is 5.73 Å². The molecule has 3 heteroatoms. The molecule has 2 N–H and O–H groups in total. The average molecular weight is 280 g/mol. The molecule has 1 heterocycles. The Morgan fingerprint density at radius 2 is 2.05 bits per heavy atom. The molecule has 0 aromatic carbocycles. The predicted octanol–water partition coefficient (Wildman–Crippen LogP) is 3.87. The molecule has 0 radical (unpaired) electrons. The maximum atomic E-state index is 6.13. The standard InChI is InChI=1S/C16H28N2S/c1-13(2)18(12-15-9-6-10-19-15)16(11-17)14-7-4-3-5-8-14/h6,9-10,13-14,16H,3-5,7-8,11-12,17H2,1-2H3. The maximum Gasteiger partial charge on any atom is 0.0334 e. The van der Waals surface area contributed by atoms with Crippen LogP contribution < -0.4 is 5.73 Å². The van der Waals surface area contributed by atoms with Crippen molar-refractivity contribution in [3.8, 4) is 0 Å². The Kier molecular flexibility index (Phi) is 5.86. The minimum atomic E-state index is 0.558. The lowest BCUT2D eigenvalue weighted by atomic mass is 9.82. The average Bonchev–Trinajstić information content (AvgIpc) is 2.92. The third kappa shape index (κ3) is 4.04. The van der Waals surface area contributed by atoms with E-state index in [1.807, 2.05) is 11.3 Å². The molecule has 0 amide bonds. The van der Waals surface area contributed by atoms with E-state index in [0.29, 0.717) is 12.1 Å². The van der Waals surface area contributed by atoms with Gasteiger partial charge in [0, 0.05) is 30.1 Å². The maximum absolute atomic E-state index is 6.13. The van der Waals surface area contributed by atoms with E-state index in [1.54, 1.807) is 0 Å². The summed E-state index contributed by atoms with van der Waals surface area (Å²) in [5.41, 5.74) is 6.13. The molecule has 1 aliphatic rings. The second-order valence-corrected chi connectivity index (χ2v) is 7.08. The summed E-state index contributed by atoms with van der Waals surface area (Å²) >= 11 is 1.86. The van der Waals surface area contributed by atoms with Crippen molar-refractivity contribution in [2.45, 2.75) is 64.6 Å². The molecule has 2 nitrogen and oxygen atoms in total. The van der Waals surface area contributed by atoms with Gasteiger partial charge in [-0.2, -0.15) is 0 Å². The Balaban J connectivity index is 2.06. The van der Waals surface area contributed by atoms with Gasteiger partial charge in [0.05, 0.1) is 0 Å². The molecule has 1 aromatic rings. The molecule has 1 atom stereocenters. The molecule has 19 heavy (non-hydrogen) atoms. The Hall–Kier alpha value is -0.380. The molecule has 0 saturated heterocycles. The summed E-state index contributed by atoms with van der Waals surface area (Å²) < 4.78 is 0. The summed E-state index contributed by atoms with van der Waals surface area (Å²) in [6.07, 6.45) is 6.95. The molecular weight excluding hydrogens is 252 g/mol. The molecule has 2 rings (SSSR count). The summed E-state index contributed by atoms with van der Waals surface area (Å²) in [6.45, 7) is 6.47. The number of thiophene rings is 1. The lowest BCUT2D eigenvalue weighted by molar-refractivity contribution is 0.0860. The third-order valence-electron chi connectivity index (χ3n) is 4.44. The zero-order valence-corrected chi connectivity index (χ0v) is 13.2. The van der Waals surface area contributed by atoms with Gasteiger partial charge >= 0.3 is 0 Å². The van der Waals surface area contributed by atoms with E-state index in [9.17, 15) is 0 Å². The van der Waals surface area contributed by atoms with Gasteiger partial charge in [-0.05, 0) is 44.1 Å². The van der Waals surface area contributed by atoms with Gasteiger partial charge in [0.2, 0.25) is 0 Å². The molecular formula is C16H28N2S. The van der Waals surface area contributed by atoms with Crippen molar-refractivity contribution in [3.63, 3.8) is 0 Å². The fourth-order valence-electron chi connectivity index (χ4n) is 3.38. The summed E-state index contributed by atoms with van der Waals surface area (Å²) in [7, 11) is 0. The van der Waals surface area contributed by atoms with E-state index in [-0.39, 0.29) is 0 Å². The molecule has 1 aromatic heterocycles. The predicted molar refractivity (Wildman–Crippen MR) is 84.4 cm³/mol. The summed E-state index contributed by atoms with van der Waals surface area (Å²) in [5.74, 6) is 0.807. The van der Waals surface area contributed by atoms with Gasteiger partial charge in [0.15, 0.2) is 0 Å². The Bertz CT molecular complexity index is 342. The van der Waals surface area contributed by atoms with Crippen LogP contribution in [-0.4, -0.2) is 23.5 Å². The number of nitrogens with zero attached hydrogens (tertiary/aromatic N) is 1. The van der Waals surface area contributed by atoms with Crippen LogP contribution in [0.15, 0.2) is 17.5 Å². The minimum absolute atomic E-state index is 0.558. The first-order valence-electron chi connectivity index (χ1n) is 7.70. The van der Waals surface area contributed by atoms with Gasteiger partial charge < -0.3 is 5.73 Å². The first-order valence-corrected chi connectivity index (χ1v) is 8.58. The van der Waals surface area contributed by atoms with Crippen LogP contribution in [0.3, 0.4) is 0 Å². The number of hydrogen-bond donors (Lipinski definition) is 1. The molecule has 1 saturated carbocycles. The highest BCUT2D eigenvalue weighted by molar-refractivity contribution is 7.09. The van der Waals surface area contributed by atoms with Crippen LogP contribution in [0.1, 0.15) is 50.8 Å². The van der Waals surface area contributed by atoms with Crippen molar-refractivity contribution in [2.75, 3.05) is 6.54 Å². The smallest absolute Gasteiger partial charge is 0.0334 e. The molecule has 1 unspecified atom stereocenters. The van der Waals surface area contributed by atoms with Crippen LogP contribution in [0.4, 0.5) is 0 Å². The molecule has 1 aliphatic carbocycles. The fraction of sp³-hybridized carbons (Fsp3) is 0.750. The quantitative estimate of drug-likeness (QED) is 0.857. The highest BCUT2D eigenvalue weighted by atomic mass is 32.1. The van der Waals surface area contributed by atoms with Crippen molar-refractivity contribution in [3.05, 3.63) is 22.4 Å². The van der Waals surface area contributed by atoms with Crippen LogP contribution in [0, 0.1) is 5.92 Å². The zero-order valence-electron chi connectivity index (χ0n) is 12.3. The van der Waals surface area contributed by atoms with Gasteiger partial charge in [0.25, 0.3) is 0 Å². The lowest BCUT2D eigenvalue weighted by Gasteiger charge is -2.40. The summed E-state index contributed by atoms with van der Waals surface area (Å²) in [6, 6.07) is 5.52. The van der Waals surface area contributed by atoms with E-state index >= 15 is 0 Å². The van der Waals surface area contributed by atoms with Crippen LogP contribution in [0.25, 0.3) is 0 Å². The first-order chi connectivity index (χ1) is 9.22. The second kappa shape index (κ2) is 7.41. The summed E-state index contributed by atoms with van der Waals surface area (Å²) in [4.78, 5) is 4.09. The van der Waals surface area contributed by atoms with Gasteiger partial charge in [0.1, 0.15) is 0 Å². The minimum Gasteiger partial charge on any atom is -0.329 e. The van der Waals surface area contributed by atoms with Gasteiger partial charge in [-0.1, -0.05) is 25.3 Å². The van der Waals surface area contributed by atoms with Crippen LogP contribution in [0.5, 0.6) is 0 Å². The highest BCUT2D eigenvalue weighted by Gasteiger charge is 2.29. The van der Waals surface area contributed by atoms with Crippen molar-refractivity contribution >= 4 is 11.3 Å². The molecule has 0 bridgehead atoms. The largest absolute Gasteiger partial charge is 0.329 e. The Morgan fingerprint density at radius 1 is 1.32 bits per heavy atom. The Labute approximate surface area is 122 Å². The fourth-order valence-corrected chi connectivity index (χ4v) is 4.10. The normalized spacial score (nSPS) is 19.2. The monoisotopic (exact) mass is 280 g/mol. The number of nitrogens with two attached hydrogens (primary N) is 1. The third-order valence-corrected chi connectivity index (χ3v) is 5.30. The topological polar surface area (TPSA) is 29.3 Å². The van der Waals surface area contributed by atoms with E-state index in [2.05, 4.69) is 36.3 Å². The van der Waals surface area contributed by atoms with Gasteiger partial charge in [-0.15, -0.1) is 11.3 Å². The SMILES string of the molecule is CC(C)N(Cc1cccs1)C(CN)C1CCCCC1. The molecule has 1 fully saturated rings. The lowest BCUT2D eigenvalue weighted by Crippen LogP contribution is -2.48. The van der Waals surface area contributed by atoms with Gasteiger partial charge in [-0.25, -0.2) is 0 Å². The Morgan fingerprint density at radius 3 is 2.58 bits per heavy atom. The van der Waals surface area contributed by atoms with Crippen molar-refractivity contribution < 1.29 is 0 Å². The first kappa shape index (κ1) is 15.0. The molecule has 108 valence electrons. The van der Waals surface area contributed by atoms with Crippen LogP contribution in [0.2, 0.25) is 0 Å². The van der Waals surface area contributed by atoms with E-state index < -0.39 is 0 Å². The number of rotatable bonds is 6. The van der Waals surface area contributed by atoms with Crippen molar-refractivity contribution in [2.24, 2.45) is 11.7 Å². The highest BCUT2D eigenvalue weighted by Crippen LogP contribution is 2.30.